The van der Waals surface area contributed by atoms with Gasteiger partial charge in [0.1, 0.15) is 19.3 Å². The van der Waals surface area contributed by atoms with E-state index in [1.54, 1.807) is 0 Å². The van der Waals surface area contributed by atoms with Crippen molar-refractivity contribution in [2.45, 2.75) is 470 Å². The van der Waals surface area contributed by atoms with Crippen LogP contribution in [0.3, 0.4) is 0 Å². The Hall–Kier alpha value is -1.94. The molecule has 19 heteroatoms. The number of rotatable bonds is 84. The van der Waals surface area contributed by atoms with Gasteiger partial charge in [-0.2, -0.15) is 0 Å². The molecule has 0 aliphatic rings. The van der Waals surface area contributed by atoms with Crippen LogP contribution in [-0.4, -0.2) is 96.7 Å². The quantitative estimate of drug-likeness (QED) is 0.0222. The van der Waals surface area contributed by atoms with E-state index in [0.29, 0.717) is 25.7 Å². The molecule has 0 fully saturated rings. The maximum atomic E-state index is 13.1. The molecule has 0 aromatic carbocycles. The van der Waals surface area contributed by atoms with Crippen molar-refractivity contribution in [2.75, 3.05) is 39.6 Å². The van der Waals surface area contributed by atoms with Gasteiger partial charge in [-0.05, 0) is 31.6 Å². The number of phosphoric acid groups is 2. The molecule has 0 bridgehead atoms. The Bertz CT molecular complexity index is 1960. The fourth-order valence-corrected chi connectivity index (χ4v) is 14.7. The minimum Gasteiger partial charge on any atom is -0.462 e. The van der Waals surface area contributed by atoms with Gasteiger partial charge in [-0.25, -0.2) is 9.13 Å². The van der Waals surface area contributed by atoms with Gasteiger partial charge in [0.15, 0.2) is 12.2 Å². The van der Waals surface area contributed by atoms with Crippen molar-refractivity contribution in [3.63, 3.8) is 0 Å². The molecular weight excluding hydrogens is 1340 g/mol. The van der Waals surface area contributed by atoms with Gasteiger partial charge in [0.25, 0.3) is 0 Å². The van der Waals surface area contributed by atoms with Gasteiger partial charge >= 0.3 is 39.5 Å². The maximum absolute atomic E-state index is 13.1. The summed E-state index contributed by atoms with van der Waals surface area (Å²) in [7, 11) is -9.92. The van der Waals surface area contributed by atoms with Crippen LogP contribution < -0.4 is 0 Å². The number of phosphoric ester groups is 2. The predicted octanol–water partition coefficient (Wildman–Crippen LogP) is 25.6. The van der Waals surface area contributed by atoms with Crippen molar-refractivity contribution >= 4 is 39.5 Å². The van der Waals surface area contributed by atoms with Gasteiger partial charge in [0, 0.05) is 25.7 Å². The molecule has 103 heavy (non-hydrogen) atoms. The number of esters is 4. The summed E-state index contributed by atoms with van der Waals surface area (Å²) in [5.74, 6) is -1.39. The summed E-state index contributed by atoms with van der Waals surface area (Å²) in [6.45, 7) is 7.27. The molecule has 0 spiro atoms. The van der Waals surface area contributed by atoms with Crippen LogP contribution in [0.1, 0.15) is 452 Å². The maximum Gasteiger partial charge on any atom is 0.472 e. The van der Waals surface area contributed by atoms with Crippen LogP contribution in [0.4, 0.5) is 0 Å². The van der Waals surface area contributed by atoms with Crippen molar-refractivity contribution in [3.05, 3.63) is 0 Å². The molecule has 612 valence electrons. The molecule has 3 N–H and O–H groups in total. The van der Waals surface area contributed by atoms with Gasteiger partial charge in [0.2, 0.25) is 0 Å². The van der Waals surface area contributed by atoms with Gasteiger partial charge in [0.05, 0.1) is 26.4 Å². The van der Waals surface area contributed by atoms with Crippen LogP contribution in [0.2, 0.25) is 0 Å². The number of aliphatic hydroxyl groups excluding tert-OH is 1. The lowest BCUT2D eigenvalue weighted by Gasteiger charge is -2.21. The predicted molar refractivity (Wildman–Crippen MR) is 423 cm³/mol. The second-order valence-corrected chi connectivity index (χ2v) is 33.4. The first-order valence-electron chi connectivity index (χ1n) is 43.7. The van der Waals surface area contributed by atoms with Crippen molar-refractivity contribution < 1.29 is 80.2 Å². The largest absolute Gasteiger partial charge is 0.472 e. The third-order valence-electron chi connectivity index (χ3n) is 20.1. The summed E-state index contributed by atoms with van der Waals surface area (Å²) < 4.78 is 68.7. The highest BCUT2D eigenvalue weighted by molar-refractivity contribution is 7.47. The molecule has 0 rings (SSSR count). The Morgan fingerprint density at radius 2 is 0.466 bits per heavy atom. The molecule has 0 aromatic rings. The van der Waals surface area contributed by atoms with Crippen LogP contribution in [0.25, 0.3) is 0 Å². The Kier molecular flexibility index (Phi) is 75.4. The Balaban J connectivity index is 5.17. The Morgan fingerprint density at radius 1 is 0.272 bits per heavy atom. The zero-order chi connectivity index (χ0) is 75.5. The van der Waals surface area contributed by atoms with Crippen LogP contribution in [-0.2, 0) is 65.4 Å². The van der Waals surface area contributed by atoms with Crippen LogP contribution in [0.5, 0.6) is 0 Å². The Labute approximate surface area is 632 Å². The lowest BCUT2D eigenvalue weighted by atomic mass is 10.00. The molecule has 0 saturated heterocycles. The number of hydrogen-bond donors (Lipinski definition) is 3. The van der Waals surface area contributed by atoms with E-state index in [2.05, 4.69) is 34.6 Å². The lowest BCUT2D eigenvalue weighted by Crippen LogP contribution is -2.30. The van der Waals surface area contributed by atoms with Crippen LogP contribution in [0, 0.1) is 5.92 Å². The SMILES string of the molecule is CCCCCCCCCCCCCCCCCCCCCCCCC(=O)O[C@H](COC(=O)CCCCCCCCCCCCCCCCCCCCCCC)COP(=O)(O)OC[C@@H](O)COP(=O)(O)OC[C@@H](COC(=O)CCCCCCCCCCCC)OC(=O)CCCCCCCCC(C)CC. The van der Waals surface area contributed by atoms with Gasteiger partial charge in [-0.15, -0.1) is 0 Å². The highest BCUT2D eigenvalue weighted by Crippen LogP contribution is 2.45. The molecule has 0 aromatic heterocycles. The van der Waals surface area contributed by atoms with Crippen molar-refractivity contribution in [3.8, 4) is 0 Å². The summed E-state index contributed by atoms with van der Waals surface area (Å²) in [5, 5.41) is 10.6. The fourth-order valence-electron chi connectivity index (χ4n) is 13.1. The number of unbranched alkanes of at least 4 members (excludes halogenated alkanes) is 55. The normalized spacial score (nSPS) is 14.1. The minimum atomic E-state index is -4.96. The molecule has 6 atom stereocenters. The molecule has 0 aliphatic heterocycles. The van der Waals surface area contributed by atoms with E-state index < -0.39 is 97.5 Å². The topological polar surface area (TPSA) is 237 Å². The molecule has 0 heterocycles. The monoisotopic (exact) mass is 1510 g/mol. The smallest absolute Gasteiger partial charge is 0.462 e. The molecule has 0 aliphatic carbocycles. The molecule has 0 amide bonds. The first kappa shape index (κ1) is 101. The standard InChI is InChI=1S/C84H164O17P2/c1-6-10-13-16-19-22-25-27-29-31-33-35-37-39-41-43-45-47-50-53-59-64-69-83(88)100-79(73-94-82(87)68-63-58-52-49-46-44-42-40-38-36-34-32-30-28-26-23-20-17-14-11-7-2)75-98-102(90,91)96-71-78(85)72-97-103(92,93)99-76-80(101-84(89)70-65-60-55-54-56-61-66-77(5)9-4)74-95-81(86)67-62-57-51-48-24-21-18-15-12-8-3/h77-80,85H,6-76H2,1-5H3,(H,90,91)(H,92,93)/t77?,78-,79-,80-/m1/s1. The summed E-state index contributed by atoms with van der Waals surface area (Å²) in [4.78, 5) is 73.0. The number of carbonyl (C=O) groups is 4. The third kappa shape index (κ3) is 76.6. The first-order chi connectivity index (χ1) is 50.1. The number of carbonyl (C=O) groups excluding carboxylic acids is 4. The molecule has 17 nitrogen and oxygen atoms in total. The highest BCUT2D eigenvalue weighted by Gasteiger charge is 2.30. The zero-order valence-corrected chi connectivity index (χ0v) is 69.3. The van der Waals surface area contributed by atoms with E-state index in [-0.39, 0.29) is 25.7 Å². The molecular formula is C84H164O17P2. The van der Waals surface area contributed by atoms with Crippen LogP contribution >= 0.6 is 15.6 Å². The zero-order valence-electron chi connectivity index (χ0n) is 67.5. The first-order valence-corrected chi connectivity index (χ1v) is 46.7. The number of ether oxygens (including phenoxy) is 4. The van der Waals surface area contributed by atoms with Gasteiger partial charge in [-0.3, -0.25) is 37.3 Å². The van der Waals surface area contributed by atoms with Crippen molar-refractivity contribution in [2.24, 2.45) is 5.92 Å². The average molecular weight is 1510 g/mol. The number of aliphatic hydroxyl groups is 1. The second kappa shape index (κ2) is 76.8. The third-order valence-corrected chi connectivity index (χ3v) is 22.0. The second-order valence-electron chi connectivity index (χ2n) is 30.5. The van der Waals surface area contributed by atoms with Crippen molar-refractivity contribution in [1.29, 1.82) is 0 Å². The average Bonchev–Trinajstić information content (AvgIpc) is 0.930. The molecule has 0 saturated carbocycles. The minimum absolute atomic E-state index is 0.104. The molecule has 3 unspecified atom stereocenters. The van der Waals surface area contributed by atoms with E-state index in [1.165, 1.54) is 276 Å². The van der Waals surface area contributed by atoms with Crippen molar-refractivity contribution in [1.82, 2.24) is 0 Å². The van der Waals surface area contributed by atoms with Gasteiger partial charge < -0.3 is 33.8 Å². The Morgan fingerprint density at radius 3 is 0.689 bits per heavy atom. The van der Waals surface area contributed by atoms with E-state index in [0.717, 1.165) is 95.8 Å². The van der Waals surface area contributed by atoms with E-state index in [4.69, 9.17) is 37.0 Å². The number of hydrogen-bond acceptors (Lipinski definition) is 15. The lowest BCUT2D eigenvalue weighted by molar-refractivity contribution is -0.161. The summed E-state index contributed by atoms with van der Waals surface area (Å²) >= 11 is 0. The van der Waals surface area contributed by atoms with E-state index in [9.17, 15) is 43.2 Å². The summed E-state index contributed by atoms with van der Waals surface area (Å²) in [6.07, 6.45) is 69.8. The highest BCUT2D eigenvalue weighted by atomic mass is 31.2. The summed E-state index contributed by atoms with van der Waals surface area (Å²) in [6, 6.07) is 0. The van der Waals surface area contributed by atoms with E-state index in [1.807, 2.05) is 0 Å². The van der Waals surface area contributed by atoms with Gasteiger partial charge in [-0.1, -0.05) is 401 Å². The van der Waals surface area contributed by atoms with E-state index >= 15 is 0 Å². The van der Waals surface area contributed by atoms with Crippen LogP contribution in [0.15, 0.2) is 0 Å². The fraction of sp³-hybridized carbons (Fsp3) is 0.952. The molecule has 0 radical (unpaired) electrons. The summed E-state index contributed by atoms with van der Waals surface area (Å²) in [5.41, 5.74) is 0.